The maximum Gasteiger partial charge on any atom is 0.290 e. The monoisotopic (exact) mass is 264 g/mol. The number of fused-ring (bicyclic) bond motifs is 1. The van der Waals surface area contributed by atoms with E-state index < -0.39 is 5.72 Å². The Kier molecular flexibility index (Phi) is 2.27. The Morgan fingerprint density at radius 3 is 2.60 bits per heavy atom. The van der Waals surface area contributed by atoms with Gasteiger partial charge in [-0.25, -0.2) is 0 Å². The second-order valence-electron chi connectivity index (χ2n) is 5.01. The van der Waals surface area contributed by atoms with Crippen molar-refractivity contribution in [1.82, 2.24) is 0 Å². The van der Waals surface area contributed by atoms with Gasteiger partial charge in [-0.2, -0.15) is 5.11 Å². The van der Waals surface area contributed by atoms with E-state index in [0.29, 0.717) is 17.9 Å². The molecule has 0 aliphatic carbocycles. The predicted molar refractivity (Wildman–Crippen MR) is 73.0 cm³/mol. The third-order valence-corrected chi connectivity index (χ3v) is 3.88. The Morgan fingerprint density at radius 2 is 1.80 bits per heavy atom. The van der Waals surface area contributed by atoms with E-state index in [1.54, 1.807) is 12.1 Å². The second-order valence-corrected chi connectivity index (χ2v) is 5.01. The third-order valence-electron chi connectivity index (χ3n) is 3.88. The van der Waals surface area contributed by atoms with Gasteiger partial charge in [0.05, 0.1) is 18.0 Å². The molecule has 0 bridgehead atoms. The summed E-state index contributed by atoms with van der Waals surface area (Å²) in [6.45, 7) is 0.476. The zero-order chi connectivity index (χ0) is 13.6. The minimum Gasteiger partial charge on any atom is -0.455 e. The number of hydrogen-bond donors (Lipinski definition) is 0. The summed E-state index contributed by atoms with van der Waals surface area (Å²) in [6.07, 6.45) is 0. The number of ether oxygens (including phenoxy) is 1. The summed E-state index contributed by atoms with van der Waals surface area (Å²) in [6, 6.07) is 17.1. The van der Waals surface area contributed by atoms with Gasteiger partial charge in [0.15, 0.2) is 0 Å². The van der Waals surface area contributed by atoms with Gasteiger partial charge in [-0.15, -0.1) is 5.11 Å². The van der Waals surface area contributed by atoms with Crippen LogP contribution in [-0.4, -0.2) is 18.1 Å². The summed E-state index contributed by atoms with van der Waals surface area (Å²) in [4.78, 5) is 12.7. The van der Waals surface area contributed by atoms with Crippen molar-refractivity contribution in [2.24, 2.45) is 10.2 Å². The van der Waals surface area contributed by atoms with E-state index in [1.807, 2.05) is 42.5 Å². The Hall–Kier alpha value is -2.49. The normalized spacial score (nSPS) is 26.8. The van der Waals surface area contributed by atoms with Crippen LogP contribution in [0.25, 0.3) is 0 Å². The van der Waals surface area contributed by atoms with Crippen LogP contribution in [0.2, 0.25) is 0 Å². The number of Topliss-reactive ketones (excluding diaryl/α,β-unsaturated/α-hetero) is 1. The fourth-order valence-electron chi connectivity index (χ4n) is 2.88. The predicted octanol–water partition coefficient (Wildman–Crippen LogP) is 3.21. The van der Waals surface area contributed by atoms with E-state index >= 15 is 0 Å². The average molecular weight is 264 g/mol. The first-order valence-electron chi connectivity index (χ1n) is 6.58. The quantitative estimate of drug-likeness (QED) is 0.794. The molecule has 0 unspecified atom stereocenters. The summed E-state index contributed by atoms with van der Waals surface area (Å²) in [5.74, 6) is 0.339. The highest BCUT2D eigenvalue weighted by Gasteiger charge is 2.57. The van der Waals surface area contributed by atoms with E-state index in [0.717, 1.165) is 5.56 Å². The van der Waals surface area contributed by atoms with Crippen LogP contribution in [0.15, 0.2) is 64.8 Å². The molecule has 2 atom stereocenters. The van der Waals surface area contributed by atoms with Gasteiger partial charge >= 0.3 is 0 Å². The number of para-hydroxylation sites is 1. The third kappa shape index (κ3) is 1.39. The molecule has 4 heteroatoms. The van der Waals surface area contributed by atoms with Crippen LogP contribution in [0, 0.1) is 0 Å². The Morgan fingerprint density at radius 1 is 1.05 bits per heavy atom. The van der Waals surface area contributed by atoms with Crippen LogP contribution >= 0.6 is 0 Å². The van der Waals surface area contributed by atoms with Crippen molar-refractivity contribution in [1.29, 1.82) is 0 Å². The van der Waals surface area contributed by atoms with Gasteiger partial charge in [0, 0.05) is 0 Å². The number of ketones is 1. The molecular formula is C16H12N2O2. The molecule has 2 heterocycles. The zero-order valence-corrected chi connectivity index (χ0v) is 10.7. The van der Waals surface area contributed by atoms with E-state index in [2.05, 4.69) is 10.2 Å². The van der Waals surface area contributed by atoms with Gasteiger partial charge in [0.25, 0.3) is 5.72 Å². The van der Waals surface area contributed by atoms with Gasteiger partial charge in [0.1, 0.15) is 5.75 Å². The lowest BCUT2D eigenvalue weighted by molar-refractivity contribution is 0.0535. The summed E-state index contributed by atoms with van der Waals surface area (Å²) in [5, 5.41) is 8.26. The molecule has 4 rings (SSSR count). The summed E-state index contributed by atoms with van der Waals surface area (Å²) in [7, 11) is 0. The first kappa shape index (κ1) is 11.3. The molecule has 0 amide bonds. The number of benzene rings is 2. The van der Waals surface area contributed by atoms with E-state index in [4.69, 9.17) is 4.74 Å². The molecule has 0 saturated carbocycles. The Bertz CT molecular complexity index is 711. The molecule has 2 aliphatic rings. The maximum atomic E-state index is 12.7. The van der Waals surface area contributed by atoms with Crippen molar-refractivity contribution in [3.05, 3.63) is 65.7 Å². The first-order chi connectivity index (χ1) is 9.81. The number of rotatable bonds is 1. The van der Waals surface area contributed by atoms with Crippen molar-refractivity contribution < 1.29 is 9.53 Å². The molecule has 20 heavy (non-hydrogen) atoms. The minimum atomic E-state index is -1.20. The largest absolute Gasteiger partial charge is 0.455 e. The molecule has 98 valence electrons. The minimum absolute atomic E-state index is 0.0943. The van der Waals surface area contributed by atoms with Crippen LogP contribution in [-0.2, 0) is 0 Å². The average Bonchev–Trinajstić information content (AvgIpc) is 3.04. The number of nitrogens with zero attached hydrogens (tertiary/aromatic N) is 2. The molecule has 0 N–H and O–H groups in total. The number of azo groups is 1. The SMILES string of the molecule is O=C1c2ccccc2O[C@@]12N=NC[C@H]2c1ccccc1. The molecule has 0 aromatic heterocycles. The fraction of sp³-hybridized carbons (Fsp3) is 0.188. The smallest absolute Gasteiger partial charge is 0.290 e. The summed E-state index contributed by atoms with van der Waals surface area (Å²) in [5.41, 5.74) is 0.415. The van der Waals surface area contributed by atoms with Crippen LogP contribution in [0.4, 0.5) is 0 Å². The topological polar surface area (TPSA) is 51.0 Å². The molecule has 0 fully saturated rings. The number of carbonyl (C=O) groups is 1. The van der Waals surface area contributed by atoms with Crippen LogP contribution in [0.5, 0.6) is 5.75 Å². The van der Waals surface area contributed by atoms with Crippen molar-refractivity contribution in [2.75, 3.05) is 6.54 Å². The lowest BCUT2D eigenvalue weighted by Crippen LogP contribution is -2.42. The zero-order valence-electron chi connectivity index (χ0n) is 10.7. The van der Waals surface area contributed by atoms with Crippen molar-refractivity contribution >= 4 is 5.78 Å². The Balaban J connectivity index is 1.82. The standard InChI is InChI=1S/C16H12N2O2/c19-15-12-8-4-5-9-14(12)20-16(15)13(10-17-18-16)11-6-2-1-3-7-11/h1-9,13H,10H2/t13-,16+/m0/s1. The van der Waals surface area contributed by atoms with E-state index in [-0.39, 0.29) is 11.7 Å². The van der Waals surface area contributed by atoms with Crippen LogP contribution in [0.3, 0.4) is 0 Å². The molecular weight excluding hydrogens is 252 g/mol. The van der Waals surface area contributed by atoms with Gasteiger partial charge in [-0.3, -0.25) is 4.79 Å². The molecule has 2 aromatic carbocycles. The number of carbonyl (C=O) groups excluding carboxylic acids is 1. The molecule has 2 aliphatic heterocycles. The highest BCUT2D eigenvalue weighted by Crippen LogP contribution is 2.46. The van der Waals surface area contributed by atoms with Crippen LogP contribution < -0.4 is 4.74 Å². The highest BCUT2D eigenvalue weighted by atomic mass is 16.5. The lowest BCUT2D eigenvalue weighted by atomic mass is 9.86. The molecule has 0 radical (unpaired) electrons. The summed E-state index contributed by atoms with van der Waals surface area (Å²) >= 11 is 0. The van der Waals surface area contributed by atoms with Gasteiger partial charge in [-0.05, 0) is 17.7 Å². The molecule has 0 saturated heterocycles. The van der Waals surface area contributed by atoms with Crippen LogP contribution in [0.1, 0.15) is 21.8 Å². The van der Waals surface area contributed by atoms with Crippen molar-refractivity contribution in [3.8, 4) is 5.75 Å². The molecule has 2 aromatic rings. The van der Waals surface area contributed by atoms with Gasteiger partial charge in [0.2, 0.25) is 5.78 Å². The number of hydrogen-bond acceptors (Lipinski definition) is 4. The Labute approximate surface area is 116 Å². The van der Waals surface area contributed by atoms with E-state index in [9.17, 15) is 4.79 Å². The lowest BCUT2D eigenvalue weighted by Gasteiger charge is -2.25. The molecule has 4 nitrogen and oxygen atoms in total. The van der Waals surface area contributed by atoms with Crippen molar-refractivity contribution in [3.63, 3.8) is 0 Å². The highest BCUT2D eigenvalue weighted by molar-refractivity contribution is 6.08. The second kappa shape index (κ2) is 4.00. The fourth-order valence-corrected chi connectivity index (χ4v) is 2.88. The van der Waals surface area contributed by atoms with Gasteiger partial charge in [-0.1, -0.05) is 42.5 Å². The van der Waals surface area contributed by atoms with Crippen molar-refractivity contribution in [2.45, 2.75) is 11.6 Å². The molecule has 1 spiro atoms. The maximum absolute atomic E-state index is 12.7. The van der Waals surface area contributed by atoms with E-state index in [1.165, 1.54) is 0 Å². The first-order valence-corrected chi connectivity index (χ1v) is 6.58. The van der Waals surface area contributed by atoms with Gasteiger partial charge < -0.3 is 4.74 Å². The summed E-state index contributed by atoms with van der Waals surface area (Å²) < 4.78 is 5.92.